The van der Waals surface area contributed by atoms with Gasteiger partial charge in [0.05, 0.1) is 42.2 Å². The number of hydrogen-bond donors (Lipinski definition) is 4. The van der Waals surface area contributed by atoms with E-state index in [1.807, 2.05) is 18.2 Å². The Morgan fingerprint density at radius 3 is 1.67 bits per heavy atom. The Labute approximate surface area is 360 Å². The summed E-state index contributed by atoms with van der Waals surface area (Å²) in [4.78, 5) is 41.4. The monoisotopic (exact) mass is 918 g/mol. The molecule has 304 valence electrons. The fourth-order valence-corrected chi connectivity index (χ4v) is 9.81. The maximum atomic E-state index is 12.9. The fourth-order valence-electron chi connectivity index (χ4n) is 5.53. The van der Waals surface area contributed by atoms with E-state index in [4.69, 9.17) is 27.9 Å². The Kier molecular flexibility index (Phi) is 12.8. The molecule has 0 aliphatic rings. The number of sulfonamides is 2. The predicted molar refractivity (Wildman–Crippen MR) is 234 cm³/mol. The number of nitrogens with one attached hydrogen (secondary N) is 4. The number of thiazole rings is 2. The summed E-state index contributed by atoms with van der Waals surface area (Å²) in [6, 6.07) is 25.8. The minimum Gasteiger partial charge on any atom is -0.484 e. The Morgan fingerprint density at radius 2 is 1.15 bits per heavy atom. The number of benzene rings is 4. The molecule has 0 radical (unpaired) electrons. The van der Waals surface area contributed by atoms with Crippen LogP contribution in [0, 0.1) is 0 Å². The molecule has 21 heteroatoms. The third-order valence-electron chi connectivity index (χ3n) is 8.16. The lowest BCUT2D eigenvalue weighted by Crippen LogP contribution is -2.20. The average Bonchev–Trinajstić information content (AvgIpc) is 3.96. The summed E-state index contributed by atoms with van der Waals surface area (Å²) in [6.45, 7) is -0.190. The molecule has 8 rings (SSSR count). The number of pyridine rings is 2. The van der Waals surface area contributed by atoms with E-state index in [0.717, 1.165) is 0 Å². The number of anilines is 4. The van der Waals surface area contributed by atoms with E-state index in [1.165, 1.54) is 89.9 Å². The van der Waals surface area contributed by atoms with Gasteiger partial charge in [0, 0.05) is 51.9 Å². The van der Waals surface area contributed by atoms with Gasteiger partial charge in [0.25, 0.3) is 31.9 Å². The molecular weight excluding hydrogens is 892 g/mol. The van der Waals surface area contributed by atoms with Crippen LogP contribution in [0.4, 0.5) is 21.6 Å². The standard InChI is InChI=1S/C20H16N4O4S2.C19H12Cl2N4O3S2/c25-18(13-28-14-5-2-1-3-6-14)23-16-8-9-17(15-7-4-10-21-19(15)16)30(26,27)24-20-22-11-12-29-20;20-13-4-3-11(10-14(13)21)18(26)24-15-5-6-16(12-2-1-7-22-17(12)15)30(27,28)25-19-23-8-9-29-19/h1-12H,13H2,(H,22,24)(H,23,25);1-10H,(H,23,25)(H,24,26). The molecular formula is C39H28Cl2N8O7S4. The van der Waals surface area contributed by atoms with Crippen molar-refractivity contribution in [2.75, 3.05) is 26.7 Å². The number of para-hydroxylation sites is 1. The largest absolute Gasteiger partial charge is 0.484 e. The molecule has 0 aliphatic carbocycles. The number of hydrogen-bond acceptors (Lipinski definition) is 13. The Balaban J connectivity index is 0.000000181. The molecule has 0 saturated heterocycles. The van der Waals surface area contributed by atoms with Crippen molar-refractivity contribution in [1.82, 2.24) is 19.9 Å². The highest BCUT2D eigenvalue weighted by Crippen LogP contribution is 2.32. The maximum Gasteiger partial charge on any atom is 0.264 e. The van der Waals surface area contributed by atoms with Gasteiger partial charge < -0.3 is 15.4 Å². The maximum absolute atomic E-state index is 12.9. The first kappa shape index (κ1) is 41.9. The number of fused-ring (bicyclic) bond motifs is 2. The SMILES string of the molecule is O=C(COc1ccccc1)Nc1ccc(S(=O)(=O)Nc2nccs2)c2cccnc12.O=C(Nc1ccc(S(=O)(=O)Nc2nccs2)c2cccnc12)c1ccc(Cl)c(Cl)c1. The molecule has 4 aromatic heterocycles. The Bertz CT molecular complexity index is 3050. The molecule has 4 aromatic carbocycles. The highest BCUT2D eigenvalue weighted by molar-refractivity contribution is 7.93. The molecule has 0 atom stereocenters. The van der Waals surface area contributed by atoms with Gasteiger partial charge in [-0.2, -0.15) is 0 Å². The zero-order chi connectivity index (χ0) is 42.3. The first-order valence-corrected chi connectivity index (χ1v) is 22.7. The minimum absolute atomic E-state index is 0.0216. The summed E-state index contributed by atoms with van der Waals surface area (Å²) in [5.41, 5.74) is 1.73. The van der Waals surface area contributed by atoms with E-state index >= 15 is 0 Å². The number of carbonyl (C=O) groups excluding carboxylic acids is 2. The number of nitrogens with zero attached hydrogens (tertiary/aromatic N) is 4. The molecule has 0 bridgehead atoms. The number of rotatable bonds is 12. The van der Waals surface area contributed by atoms with E-state index in [2.05, 4.69) is 40.0 Å². The van der Waals surface area contributed by atoms with E-state index in [0.29, 0.717) is 49.5 Å². The highest BCUT2D eigenvalue weighted by atomic mass is 35.5. The Hall–Kier alpha value is -6.22. The number of carbonyl (C=O) groups is 2. The van der Waals surface area contributed by atoms with E-state index < -0.39 is 26.0 Å². The molecule has 0 unspecified atom stereocenters. The van der Waals surface area contributed by atoms with Crippen LogP contribution in [0.25, 0.3) is 21.8 Å². The summed E-state index contributed by atoms with van der Waals surface area (Å²) in [7, 11) is -7.79. The quantitative estimate of drug-likeness (QED) is 0.0912. The van der Waals surface area contributed by atoms with Gasteiger partial charge in [-0.25, -0.2) is 26.8 Å². The van der Waals surface area contributed by atoms with Crippen molar-refractivity contribution < 1.29 is 31.2 Å². The lowest BCUT2D eigenvalue weighted by molar-refractivity contribution is -0.118. The van der Waals surface area contributed by atoms with Crippen molar-refractivity contribution in [3.05, 3.63) is 148 Å². The molecule has 60 heavy (non-hydrogen) atoms. The minimum atomic E-state index is -3.90. The first-order chi connectivity index (χ1) is 28.9. The summed E-state index contributed by atoms with van der Waals surface area (Å²) < 4.78 is 61.7. The Morgan fingerprint density at radius 1 is 0.600 bits per heavy atom. The normalized spacial score (nSPS) is 11.3. The zero-order valence-corrected chi connectivity index (χ0v) is 35.2. The molecule has 4 N–H and O–H groups in total. The second-order valence-corrected chi connectivity index (χ2v) is 18.0. The molecule has 0 saturated carbocycles. The van der Waals surface area contributed by atoms with Crippen LogP contribution < -0.4 is 24.8 Å². The molecule has 4 heterocycles. The molecule has 0 fully saturated rings. The van der Waals surface area contributed by atoms with Gasteiger partial charge in [-0.05, 0) is 78.9 Å². The van der Waals surface area contributed by atoms with Gasteiger partial charge in [-0.1, -0.05) is 41.4 Å². The van der Waals surface area contributed by atoms with Crippen LogP contribution in [-0.4, -0.2) is 55.2 Å². The van der Waals surface area contributed by atoms with Gasteiger partial charge in [0.2, 0.25) is 0 Å². The van der Waals surface area contributed by atoms with Crippen LogP contribution in [0.5, 0.6) is 5.75 Å². The van der Waals surface area contributed by atoms with Gasteiger partial charge in [-0.3, -0.25) is 29.0 Å². The molecule has 8 aromatic rings. The zero-order valence-electron chi connectivity index (χ0n) is 30.4. The lowest BCUT2D eigenvalue weighted by atomic mass is 10.1. The fraction of sp³-hybridized carbons (Fsp3) is 0.0256. The lowest BCUT2D eigenvalue weighted by Gasteiger charge is -2.13. The number of halogens is 2. The van der Waals surface area contributed by atoms with Crippen LogP contribution in [0.15, 0.2) is 142 Å². The van der Waals surface area contributed by atoms with E-state index in [-0.39, 0.29) is 37.6 Å². The summed E-state index contributed by atoms with van der Waals surface area (Å²) in [5, 5.41) is 10.7. The van der Waals surface area contributed by atoms with Crippen LogP contribution >= 0.6 is 45.9 Å². The third kappa shape index (κ3) is 9.96. The number of amides is 2. The average molecular weight is 920 g/mol. The second kappa shape index (κ2) is 18.4. The molecule has 0 spiro atoms. The predicted octanol–water partition coefficient (Wildman–Crippen LogP) is 8.56. The van der Waals surface area contributed by atoms with Gasteiger partial charge in [0.15, 0.2) is 16.9 Å². The van der Waals surface area contributed by atoms with E-state index in [1.54, 1.807) is 47.2 Å². The third-order valence-corrected chi connectivity index (χ3v) is 13.3. The van der Waals surface area contributed by atoms with Crippen molar-refractivity contribution in [3.63, 3.8) is 0 Å². The van der Waals surface area contributed by atoms with Crippen molar-refractivity contribution in [3.8, 4) is 5.75 Å². The smallest absolute Gasteiger partial charge is 0.264 e. The summed E-state index contributed by atoms with van der Waals surface area (Å²) in [6.07, 6.45) is 6.06. The van der Waals surface area contributed by atoms with Gasteiger partial charge >= 0.3 is 0 Å². The number of aromatic nitrogens is 4. The molecule has 0 aliphatic heterocycles. The first-order valence-electron chi connectivity index (χ1n) is 17.2. The second-order valence-electron chi connectivity index (χ2n) is 12.1. The van der Waals surface area contributed by atoms with Crippen LogP contribution in [-0.2, 0) is 24.8 Å². The summed E-state index contributed by atoms with van der Waals surface area (Å²) >= 11 is 14.2. The van der Waals surface area contributed by atoms with Crippen molar-refractivity contribution in [1.29, 1.82) is 0 Å². The van der Waals surface area contributed by atoms with Crippen molar-refractivity contribution in [2.45, 2.75) is 9.79 Å². The van der Waals surface area contributed by atoms with Crippen LogP contribution in [0.1, 0.15) is 10.4 Å². The summed E-state index contributed by atoms with van der Waals surface area (Å²) in [5.74, 6) is -0.246. The topological polar surface area (TPSA) is 211 Å². The van der Waals surface area contributed by atoms with Crippen molar-refractivity contribution in [2.24, 2.45) is 0 Å². The molecule has 15 nitrogen and oxygen atoms in total. The van der Waals surface area contributed by atoms with Crippen molar-refractivity contribution >= 4 is 121 Å². The van der Waals surface area contributed by atoms with E-state index in [9.17, 15) is 26.4 Å². The number of ether oxygens (including phenoxy) is 1. The molecule has 2 amide bonds. The van der Waals surface area contributed by atoms with Gasteiger partial charge in [0.1, 0.15) is 5.75 Å². The van der Waals surface area contributed by atoms with Crippen LogP contribution in [0.2, 0.25) is 10.0 Å². The highest BCUT2D eigenvalue weighted by Gasteiger charge is 2.23. The van der Waals surface area contributed by atoms with Gasteiger partial charge in [-0.15, -0.1) is 22.7 Å². The van der Waals surface area contributed by atoms with Crippen LogP contribution in [0.3, 0.4) is 0 Å².